The van der Waals surface area contributed by atoms with E-state index in [1.165, 1.54) is 0 Å². The number of para-hydroxylation sites is 1. The summed E-state index contributed by atoms with van der Waals surface area (Å²) in [4.78, 5) is 27.4. The number of carbonyl (C=O) groups excluding carboxylic acids is 2. The van der Waals surface area contributed by atoms with Gasteiger partial charge in [0.15, 0.2) is 0 Å². The molecule has 0 aliphatic heterocycles. The Morgan fingerprint density at radius 1 is 1.10 bits per heavy atom. The Morgan fingerprint density at radius 3 is 2.19 bits per heavy atom. The maximum absolute atomic E-state index is 13.2. The van der Waals surface area contributed by atoms with Gasteiger partial charge in [0.05, 0.1) is 5.41 Å². The molecule has 3 rings (SSSR count). The van der Waals surface area contributed by atoms with Gasteiger partial charge >= 0.3 is 0 Å². The van der Waals surface area contributed by atoms with E-state index in [2.05, 4.69) is 13.8 Å². The number of amides is 1. The van der Waals surface area contributed by atoms with E-state index >= 15 is 0 Å². The molecule has 3 nitrogen and oxygen atoms in total. The van der Waals surface area contributed by atoms with Gasteiger partial charge in [-0.15, -0.1) is 0 Å². The minimum Gasteiger partial charge on any atom is -0.315 e. The van der Waals surface area contributed by atoms with Gasteiger partial charge in [0.25, 0.3) is 0 Å². The van der Waals surface area contributed by atoms with Crippen LogP contribution in [0.2, 0.25) is 0 Å². The van der Waals surface area contributed by atoms with E-state index in [0.29, 0.717) is 6.42 Å². The molecule has 1 aromatic rings. The van der Waals surface area contributed by atoms with Gasteiger partial charge < -0.3 is 4.90 Å². The highest BCUT2D eigenvalue weighted by Crippen LogP contribution is 2.71. The molecule has 0 unspecified atom stereocenters. The first kappa shape index (κ1) is 14.3. The van der Waals surface area contributed by atoms with Crippen LogP contribution < -0.4 is 4.90 Å². The van der Waals surface area contributed by atoms with Crippen LogP contribution in [0, 0.1) is 16.2 Å². The van der Waals surface area contributed by atoms with E-state index in [0.717, 1.165) is 18.5 Å². The van der Waals surface area contributed by atoms with E-state index in [9.17, 15) is 9.59 Å². The average molecular weight is 285 g/mol. The first-order valence-electron chi connectivity index (χ1n) is 7.63. The van der Waals surface area contributed by atoms with Crippen molar-refractivity contribution < 1.29 is 9.59 Å². The van der Waals surface area contributed by atoms with E-state index in [1.54, 1.807) is 4.90 Å². The van der Waals surface area contributed by atoms with Crippen molar-refractivity contribution in [2.24, 2.45) is 16.2 Å². The first-order valence-corrected chi connectivity index (χ1v) is 7.63. The number of Topliss-reactive ketones (excluding diaryl/α,β-unsaturated/α-hetero) is 1. The predicted molar refractivity (Wildman–Crippen MR) is 83.0 cm³/mol. The van der Waals surface area contributed by atoms with Crippen LogP contribution in [-0.4, -0.2) is 18.7 Å². The Hall–Kier alpha value is -1.64. The zero-order valence-electron chi connectivity index (χ0n) is 13.3. The van der Waals surface area contributed by atoms with Crippen molar-refractivity contribution in [1.82, 2.24) is 0 Å². The summed E-state index contributed by atoms with van der Waals surface area (Å²) in [7, 11) is 1.82. The summed E-state index contributed by atoms with van der Waals surface area (Å²) < 4.78 is 0. The summed E-state index contributed by atoms with van der Waals surface area (Å²) in [6.07, 6.45) is 2.04. The van der Waals surface area contributed by atoms with Crippen LogP contribution >= 0.6 is 0 Å². The molecule has 1 amide bonds. The third-order valence-electron chi connectivity index (χ3n) is 6.56. The Balaban J connectivity index is 2.01. The smallest absolute Gasteiger partial charge is 0.233 e. The average Bonchev–Trinajstić information content (AvgIpc) is 2.77. The molecule has 0 aromatic heterocycles. The summed E-state index contributed by atoms with van der Waals surface area (Å²) in [6, 6.07) is 9.68. The third-order valence-corrected chi connectivity index (χ3v) is 6.56. The van der Waals surface area contributed by atoms with Gasteiger partial charge in [0, 0.05) is 24.6 Å². The normalized spacial score (nSPS) is 33.2. The molecule has 112 valence electrons. The van der Waals surface area contributed by atoms with E-state index in [4.69, 9.17) is 0 Å². The van der Waals surface area contributed by atoms with E-state index in [1.807, 2.05) is 44.3 Å². The number of hydrogen-bond acceptors (Lipinski definition) is 2. The summed E-state index contributed by atoms with van der Waals surface area (Å²) in [5, 5.41) is 0. The molecule has 2 bridgehead atoms. The molecular weight excluding hydrogens is 262 g/mol. The number of ketones is 1. The minimum absolute atomic E-state index is 0.0910. The van der Waals surface area contributed by atoms with Gasteiger partial charge in [-0.3, -0.25) is 9.59 Å². The molecule has 0 spiro atoms. The molecule has 2 saturated carbocycles. The molecule has 2 aliphatic rings. The maximum atomic E-state index is 13.2. The van der Waals surface area contributed by atoms with Crippen molar-refractivity contribution in [2.75, 3.05) is 11.9 Å². The van der Waals surface area contributed by atoms with E-state index < -0.39 is 5.41 Å². The van der Waals surface area contributed by atoms with Crippen LogP contribution in [0.25, 0.3) is 0 Å². The maximum Gasteiger partial charge on any atom is 0.233 e. The SMILES string of the molecule is CN(C(=O)[C@@]12CC[C@@](C)(C(=O)C1)C2(C)C)c1ccccc1. The largest absolute Gasteiger partial charge is 0.315 e. The van der Waals surface area contributed by atoms with E-state index in [-0.39, 0.29) is 22.5 Å². The fourth-order valence-corrected chi connectivity index (χ4v) is 4.42. The van der Waals surface area contributed by atoms with Gasteiger partial charge in [-0.2, -0.15) is 0 Å². The van der Waals surface area contributed by atoms with Crippen LogP contribution in [0.4, 0.5) is 5.69 Å². The second-order valence-electron chi connectivity index (χ2n) is 7.34. The van der Waals surface area contributed by atoms with Crippen molar-refractivity contribution in [1.29, 1.82) is 0 Å². The van der Waals surface area contributed by atoms with Gasteiger partial charge in [0.1, 0.15) is 5.78 Å². The fraction of sp³-hybridized carbons (Fsp3) is 0.556. The summed E-state index contributed by atoms with van der Waals surface area (Å²) in [5.41, 5.74) is -0.276. The molecule has 2 aliphatic carbocycles. The van der Waals surface area contributed by atoms with Crippen LogP contribution in [0.1, 0.15) is 40.0 Å². The van der Waals surface area contributed by atoms with Crippen molar-refractivity contribution in [3.05, 3.63) is 30.3 Å². The number of hydrogen-bond donors (Lipinski definition) is 0. The van der Waals surface area contributed by atoms with Gasteiger partial charge in [-0.1, -0.05) is 39.0 Å². The first-order chi connectivity index (χ1) is 9.76. The van der Waals surface area contributed by atoms with Crippen molar-refractivity contribution in [3.63, 3.8) is 0 Å². The van der Waals surface area contributed by atoms with Gasteiger partial charge in [-0.25, -0.2) is 0 Å². The third kappa shape index (κ3) is 1.55. The molecule has 0 heterocycles. The van der Waals surface area contributed by atoms with Crippen LogP contribution in [0.5, 0.6) is 0 Å². The lowest BCUT2D eigenvalue weighted by atomic mass is 9.64. The molecule has 0 saturated heterocycles. The van der Waals surface area contributed by atoms with Crippen LogP contribution in [0.3, 0.4) is 0 Å². The van der Waals surface area contributed by atoms with Crippen LogP contribution in [-0.2, 0) is 9.59 Å². The highest BCUT2D eigenvalue weighted by molar-refractivity contribution is 6.05. The van der Waals surface area contributed by atoms with Crippen LogP contribution in [0.15, 0.2) is 30.3 Å². The Labute approximate surface area is 126 Å². The second kappa shape index (κ2) is 4.19. The predicted octanol–water partition coefficient (Wildman–Crippen LogP) is 3.43. The van der Waals surface area contributed by atoms with Gasteiger partial charge in [0.2, 0.25) is 5.91 Å². The van der Waals surface area contributed by atoms with Crippen molar-refractivity contribution in [2.45, 2.75) is 40.0 Å². The van der Waals surface area contributed by atoms with Crippen molar-refractivity contribution in [3.8, 4) is 0 Å². The number of benzene rings is 1. The molecule has 21 heavy (non-hydrogen) atoms. The topological polar surface area (TPSA) is 37.4 Å². The molecule has 2 fully saturated rings. The minimum atomic E-state index is -0.538. The molecule has 3 heteroatoms. The monoisotopic (exact) mass is 285 g/mol. The Kier molecular flexibility index (Phi) is 2.85. The zero-order valence-corrected chi connectivity index (χ0v) is 13.3. The highest BCUT2D eigenvalue weighted by Gasteiger charge is 2.72. The Bertz CT molecular complexity index is 607. The lowest BCUT2D eigenvalue weighted by Gasteiger charge is -2.40. The number of carbonyl (C=O) groups is 2. The summed E-state index contributed by atoms with van der Waals surface area (Å²) >= 11 is 0. The number of rotatable bonds is 2. The zero-order chi connectivity index (χ0) is 15.5. The molecule has 2 atom stereocenters. The number of nitrogens with zero attached hydrogens (tertiary/aromatic N) is 1. The summed E-state index contributed by atoms with van der Waals surface area (Å²) in [6.45, 7) is 6.24. The molecule has 1 aromatic carbocycles. The second-order valence-corrected chi connectivity index (χ2v) is 7.34. The molecule has 0 radical (unpaired) electrons. The standard InChI is InChI=1S/C18H23NO2/c1-16(2)17(3)10-11-18(16,12-14(17)20)15(21)19(4)13-8-6-5-7-9-13/h5-9H,10-12H2,1-4H3/t17-,18+/m0/s1. The number of fused-ring (bicyclic) bond motifs is 2. The lowest BCUT2D eigenvalue weighted by Crippen LogP contribution is -2.47. The van der Waals surface area contributed by atoms with Gasteiger partial charge in [-0.05, 0) is 30.4 Å². The quantitative estimate of drug-likeness (QED) is 0.834. The number of anilines is 1. The highest BCUT2D eigenvalue weighted by atomic mass is 16.2. The fourth-order valence-electron chi connectivity index (χ4n) is 4.42. The van der Waals surface area contributed by atoms with Crippen molar-refractivity contribution >= 4 is 17.4 Å². The summed E-state index contributed by atoms with van der Waals surface area (Å²) in [5.74, 6) is 0.349. The molecular formula is C18H23NO2. The molecule has 0 N–H and O–H groups in total. The lowest BCUT2D eigenvalue weighted by molar-refractivity contribution is -0.133. The Morgan fingerprint density at radius 2 is 1.71 bits per heavy atom.